The first-order chi connectivity index (χ1) is 9.78. The quantitative estimate of drug-likeness (QED) is 0.879. The molecule has 1 aromatic carbocycles. The minimum Gasteiger partial charge on any atom is -0.487 e. The average Bonchev–Trinajstić information content (AvgIpc) is 2.47. The van der Waals surface area contributed by atoms with Crippen LogP contribution in [0.5, 0.6) is 5.75 Å². The van der Waals surface area contributed by atoms with Gasteiger partial charge in [-0.1, -0.05) is 35.6 Å². The number of aliphatic hydroxyl groups is 1. The van der Waals surface area contributed by atoms with Gasteiger partial charge in [-0.25, -0.2) is 0 Å². The molecular formula is C16H14ClNO2. The van der Waals surface area contributed by atoms with Crippen LogP contribution in [-0.4, -0.2) is 16.7 Å². The lowest BCUT2D eigenvalue weighted by Gasteiger charge is -2.06. The van der Waals surface area contributed by atoms with E-state index in [9.17, 15) is 0 Å². The maximum Gasteiger partial charge on any atom is 0.139 e. The topological polar surface area (TPSA) is 42.4 Å². The molecule has 0 fully saturated rings. The average molecular weight is 288 g/mol. The summed E-state index contributed by atoms with van der Waals surface area (Å²) in [6.45, 7) is 0.513. The van der Waals surface area contributed by atoms with E-state index in [0.29, 0.717) is 23.8 Å². The highest BCUT2D eigenvalue weighted by molar-refractivity contribution is 6.30. The first kappa shape index (κ1) is 14.4. The number of rotatable bonds is 4. The predicted molar refractivity (Wildman–Crippen MR) is 78.6 cm³/mol. The van der Waals surface area contributed by atoms with E-state index in [2.05, 4.69) is 16.8 Å². The summed E-state index contributed by atoms with van der Waals surface area (Å²) < 4.78 is 5.66. The van der Waals surface area contributed by atoms with Crippen LogP contribution in [0.4, 0.5) is 0 Å². The molecule has 20 heavy (non-hydrogen) atoms. The molecular weight excluding hydrogens is 274 g/mol. The van der Waals surface area contributed by atoms with Crippen LogP contribution in [0.3, 0.4) is 0 Å². The van der Waals surface area contributed by atoms with Gasteiger partial charge in [0.05, 0.1) is 12.8 Å². The number of hydrogen-bond acceptors (Lipinski definition) is 3. The van der Waals surface area contributed by atoms with Crippen molar-refractivity contribution in [3.05, 3.63) is 58.9 Å². The third kappa shape index (κ3) is 4.58. The molecule has 1 heterocycles. The normalized spacial score (nSPS) is 9.70. The second-order valence-electron chi connectivity index (χ2n) is 4.10. The summed E-state index contributed by atoms with van der Waals surface area (Å²) in [6, 6.07) is 9.32. The largest absolute Gasteiger partial charge is 0.487 e. The van der Waals surface area contributed by atoms with Crippen molar-refractivity contribution in [2.75, 3.05) is 6.61 Å². The van der Waals surface area contributed by atoms with Gasteiger partial charge in [-0.15, -0.1) is 0 Å². The van der Waals surface area contributed by atoms with E-state index in [-0.39, 0.29) is 6.61 Å². The molecule has 3 nitrogen and oxygen atoms in total. The van der Waals surface area contributed by atoms with Crippen molar-refractivity contribution in [3.8, 4) is 17.6 Å². The Labute approximate surface area is 123 Å². The highest BCUT2D eigenvalue weighted by atomic mass is 35.5. The molecule has 102 valence electrons. The molecule has 0 spiro atoms. The zero-order chi connectivity index (χ0) is 14.2. The minimum absolute atomic E-state index is 0.0627. The summed E-state index contributed by atoms with van der Waals surface area (Å²) in [5.74, 6) is 6.43. The van der Waals surface area contributed by atoms with Crippen LogP contribution in [0, 0.1) is 11.8 Å². The van der Waals surface area contributed by atoms with Crippen LogP contribution in [0.1, 0.15) is 17.5 Å². The number of aromatic nitrogens is 1. The summed E-state index contributed by atoms with van der Waals surface area (Å²) in [4.78, 5) is 4.08. The Balaban J connectivity index is 1.98. The summed E-state index contributed by atoms with van der Waals surface area (Å²) in [7, 11) is 0. The molecule has 0 saturated carbocycles. The van der Waals surface area contributed by atoms with Crippen molar-refractivity contribution in [1.29, 1.82) is 0 Å². The second-order valence-corrected chi connectivity index (χ2v) is 4.54. The molecule has 0 aliphatic carbocycles. The number of hydrogen-bond donors (Lipinski definition) is 1. The molecule has 0 radical (unpaired) electrons. The number of pyridine rings is 1. The molecule has 0 unspecified atom stereocenters. The van der Waals surface area contributed by atoms with Crippen LogP contribution in [0.25, 0.3) is 0 Å². The van der Waals surface area contributed by atoms with Gasteiger partial charge in [-0.2, -0.15) is 0 Å². The first-order valence-electron chi connectivity index (χ1n) is 6.20. The molecule has 0 saturated heterocycles. The van der Waals surface area contributed by atoms with Gasteiger partial charge < -0.3 is 9.84 Å². The monoisotopic (exact) mass is 287 g/mol. The molecule has 0 atom stereocenters. The predicted octanol–water partition coefficient (Wildman–Crippen LogP) is 3.05. The molecule has 2 rings (SSSR count). The summed E-state index contributed by atoms with van der Waals surface area (Å²) in [6.07, 6.45) is 3.77. The smallest absolute Gasteiger partial charge is 0.139 e. The van der Waals surface area contributed by atoms with Crippen molar-refractivity contribution in [2.24, 2.45) is 0 Å². The molecule has 2 aromatic rings. The Morgan fingerprint density at radius 2 is 2.00 bits per heavy atom. The fourth-order valence-electron chi connectivity index (χ4n) is 1.53. The highest BCUT2D eigenvalue weighted by Crippen LogP contribution is 2.14. The van der Waals surface area contributed by atoms with Crippen LogP contribution < -0.4 is 4.74 Å². The zero-order valence-electron chi connectivity index (χ0n) is 10.8. The van der Waals surface area contributed by atoms with Gasteiger partial charge in [0.25, 0.3) is 0 Å². The van der Waals surface area contributed by atoms with Crippen LogP contribution in [0.2, 0.25) is 5.02 Å². The molecule has 0 amide bonds. The van der Waals surface area contributed by atoms with E-state index in [1.54, 1.807) is 12.4 Å². The standard InChI is InChI=1S/C16H14ClNO2/c17-15-6-4-13(5-7-15)12-20-16-9-14(10-18-11-16)3-1-2-8-19/h4-7,9-11,19H,2,8,12H2. The number of benzene rings is 1. The van der Waals surface area contributed by atoms with Crippen LogP contribution >= 0.6 is 11.6 Å². The third-order valence-electron chi connectivity index (χ3n) is 2.50. The van der Waals surface area contributed by atoms with E-state index in [0.717, 1.165) is 11.1 Å². The molecule has 0 aliphatic rings. The van der Waals surface area contributed by atoms with Crippen LogP contribution in [-0.2, 0) is 6.61 Å². The third-order valence-corrected chi connectivity index (χ3v) is 2.75. The Morgan fingerprint density at radius 1 is 1.20 bits per heavy atom. The molecule has 1 N–H and O–H groups in total. The summed E-state index contributed by atoms with van der Waals surface area (Å²) in [5.41, 5.74) is 1.80. The Hall–Kier alpha value is -2.02. The Kier molecular flexibility index (Phi) is 5.43. The van der Waals surface area contributed by atoms with Gasteiger partial charge in [0, 0.05) is 23.2 Å². The van der Waals surface area contributed by atoms with Gasteiger partial charge in [-0.05, 0) is 23.8 Å². The molecule has 0 bridgehead atoms. The summed E-state index contributed by atoms with van der Waals surface area (Å²) >= 11 is 5.83. The number of nitrogens with zero attached hydrogens (tertiary/aromatic N) is 1. The van der Waals surface area contributed by atoms with E-state index in [1.807, 2.05) is 30.3 Å². The van der Waals surface area contributed by atoms with Gasteiger partial charge in [-0.3, -0.25) is 4.98 Å². The van der Waals surface area contributed by atoms with Gasteiger partial charge >= 0.3 is 0 Å². The van der Waals surface area contributed by atoms with Gasteiger partial charge in [0.1, 0.15) is 12.4 Å². The number of ether oxygens (including phenoxy) is 1. The lowest BCUT2D eigenvalue weighted by atomic mass is 10.2. The van der Waals surface area contributed by atoms with Gasteiger partial charge in [0.2, 0.25) is 0 Å². The van der Waals surface area contributed by atoms with Crippen molar-refractivity contribution in [2.45, 2.75) is 13.0 Å². The molecule has 0 aliphatic heterocycles. The maximum absolute atomic E-state index is 8.68. The molecule has 1 aromatic heterocycles. The van der Waals surface area contributed by atoms with Crippen molar-refractivity contribution in [1.82, 2.24) is 4.98 Å². The van der Waals surface area contributed by atoms with Gasteiger partial charge in [0.15, 0.2) is 0 Å². The number of aliphatic hydroxyl groups excluding tert-OH is 1. The Bertz CT molecular complexity index is 614. The fourth-order valence-corrected chi connectivity index (χ4v) is 1.66. The number of halogens is 1. The van der Waals surface area contributed by atoms with E-state index >= 15 is 0 Å². The lowest BCUT2D eigenvalue weighted by molar-refractivity contribution is 0.305. The maximum atomic E-state index is 8.68. The highest BCUT2D eigenvalue weighted by Gasteiger charge is 1.98. The Morgan fingerprint density at radius 3 is 2.75 bits per heavy atom. The SMILES string of the molecule is OCCC#Cc1cncc(OCc2ccc(Cl)cc2)c1. The fraction of sp³-hybridized carbons (Fsp3) is 0.188. The van der Waals surface area contributed by atoms with Crippen molar-refractivity contribution in [3.63, 3.8) is 0 Å². The summed E-state index contributed by atoms with van der Waals surface area (Å²) in [5, 5.41) is 9.38. The van der Waals surface area contributed by atoms with E-state index in [4.69, 9.17) is 21.4 Å². The zero-order valence-corrected chi connectivity index (χ0v) is 11.6. The van der Waals surface area contributed by atoms with E-state index < -0.39 is 0 Å². The lowest BCUT2D eigenvalue weighted by Crippen LogP contribution is -1.96. The molecule has 4 heteroatoms. The minimum atomic E-state index is 0.0627. The van der Waals surface area contributed by atoms with Crippen molar-refractivity contribution >= 4 is 11.6 Å². The first-order valence-corrected chi connectivity index (χ1v) is 6.58. The van der Waals surface area contributed by atoms with Crippen molar-refractivity contribution < 1.29 is 9.84 Å². The second kappa shape index (κ2) is 7.54. The van der Waals surface area contributed by atoms with E-state index in [1.165, 1.54) is 0 Å². The van der Waals surface area contributed by atoms with Crippen LogP contribution in [0.15, 0.2) is 42.7 Å².